The highest BCUT2D eigenvalue weighted by molar-refractivity contribution is 7.90. The van der Waals surface area contributed by atoms with Gasteiger partial charge in [0, 0.05) is 6.07 Å². The molecule has 1 unspecified atom stereocenters. The maximum absolute atomic E-state index is 12.2. The highest BCUT2D eigenvalue weighted by atomic mass is 32.2. The monoisotopic (exact) mass is 269 g/mol. The van der Waals surface area contributed by atoms with Crippen LogP contribution >= 0.6 is 0 Å². The first-order valence-electron chi connectivity index (χ1n) is 5.41. The average Bonchev–Trinajstić information content (AvgIpc) is 3.15. The molecule has 2 aliphatic heterocycles. The number of sulfonamides is 1. The lowest BCUT2D eigenvalue weighted by molar-refractivity contribution is 0.0864. The Morgan fingerprint density at radius 1 is 1.50 bits per heavy atom. The molecular weight excluding hydrogens is 258 g/mol. The summed E-state index contributed by atoms with van der Waals surface area (Å²) >= 11 is 0. The van der Waals surface area contributed by atoms with E-state index in [2.05, 4.69) is 0 Å². The molecule has 0 radical (unpaired) electrons. The summed E-state index contributed by atoms with van der Waals surface area (Å²) in [6.45, 7) is 0.580. The fourth-order valence-corrected chi connectivity index (χ4v) is 3.54. The van der Waals surface area contributed by atoms with Gasteiger partial charge in [0.25, 0.3) is 15.9 Å². The van der Waals surface area contributed by atoms with Gasteiger partial charge in [-0.05, 0) is 12.1 Å². The van der Waals surface area contributed by atoms with Gasteiger partial charge in [-0.25, -0.2) is 12.7 Å². The van der Waals surface area contributed by atoms with Crippen molar-refractivity contribution < 1.29 is 22.7 Å². The van der Waals surface area contributed by atoms with E-state index in [1.165, 1.54) is 19.2 Å². The Hall–Kier alpha value is -1.60. The van der Waals surface area contributed by atoms with Crippen LogP contribution in [-0.2, 0) is 14.8 Å². The number of hydrogen-bond acceptors (Lipinski definition) is 5. The van der Waals surface area contributed by atoms with Crippen molar-refractivity contribution in [3.63, 3.8) is 0 Å². The second kappa shape index (κ2) is 3.69. The molecule has 1 amide bonds. The zero-order chi connectivity index (χ0) is 12.9. The van der Waals surface area contributed by atoms with Gasteiger partial charge in [0.2, 0.25) is 0 Å². The number of ether oxygens (including phenoxy) is 2. The summed E-state index contributed by atoms with van der Waals surface area (Å²) in [5.74, 6) is -0.0854. The van der Waals surface area contributed by atoms with Gasteiger partial charge in [-0.2, -0.15) is 0 Å². The summed E-state index contributed by atoms with van der Waals surface area (Å²) < 4.78 is 35.3. The van der Waals surface area contributed by atoms with E-state index in [9.17, 15) is 13.2 Å². The van der Waals surface area contributed by atoms with Gasteiger partial charge in [0.15, 0.2) is 0 Å². The number of carbonyl (C=O) groups is 1. The topological polar surface area (TPSA) is 76.2 Å². The lowest BCUT2D eigenvalue weighted by atomic mass is 10.2. The summed E-state index contributed by atoms with van der Waals surface area (Å²) in [6.07, 6.45) is -0.167. The summed E-state index contributed by atoms with van der Waals surface area (Å²) in [7, 11) is -2.31. The molecular formula is C11H11NO5S. The molecule has 96 valence electrons. The Bertz CT molecular complexity index is 620. The number of amides is 1. The molecule has 2 aliphatic rings. The van der Waals surface area contributed by atoms with Crippen LogP contribution in [0.3, 0.4) is 0 Å². The van der Waals surface area contributed by atoms with Crippen LogP contribution < -0.4 is 4.74 Å². The van der Waals surface area contributed by atoms with Crippen LogP contribution in [0, 0.1) is 0 Å². The van der Waals surface area contributed by atoms with E-state index in [-0.39, 0.29) is 23.1 Å². The van der Waals surface area contributed by atoms with E-state index in [0.29, 0.717) is 12.4 Å². The molecule has 18 heavy (non-hydrogen) atoms. The number of hydrogen-bond donors (Lipinski definition) is 0. The van der Waals surface area contributed by atoms with Gasteiger partial charge in [-0.3, -0.25) is 4.79 Å². The molecule has 0 saturated carbocycles. The van der Waals surface area contributed by atoms with Crippen molar-refractivity contribution >= 4 is 15.9 Å². The maximum Gasteiger partial charge on any atom is 0.269 e. The smallest absolute Gasteiger partial charge is 0.269 e. The maximum atomic E-state index is 12.2. The molecule has 1 fully saturated rings. The SMILES string of the molecule is COc1ccc2c(c1)S(=O)(=O)N(CC1CO1)C2=O. The van der Waals surface area contributed by atoms with Crippen molar-refractivity contribution in [2.24, 2.45) is 0 Å². The first kappa shape index (κ1) is 11.5. The molecule has 0 N–H and O–H groups in total. The van der Waals surface area contributed by atoms with Gasteiger partial charge in [0.1, 0.15) is 10.6 Å². The molecule has 1 aromatic rings. The van der Waals surface area contributed by atoms with Crippen molar-refractivity contribution in [3.05, 3.63) is 23.8 Å². The molecule has 7 heteroatoms. The van der Waals surface area contributed by atoms with E-state index in [1.54, 1.807) is 6.07 Å². The van der Waals surface area contributed by atoms with Crippen LogP contribution in [0.25, 0.3) is 0 Å². The minimum atomic E-state index is -3.76. The Morgan fingerprint density at radius 3 is 2.83 bits per heavy atom. The Balaban J connectivity index is 2.07. The normalized spacial score (nSPS) is 23.9. The molecule has 0 aromatic heterocycles. The summed E-state index contributed by atoms with van der Waals surface area (Å²) in [5.41, 5.74) is 0.191. The van der Waals surface area contributed by atoms with E-state index in [0.717, 1.165) is 4.31 Å². The van der Waals surface area contributed by atoms with Crippen molar-refractivity contribution in [2.75, 3.05) is 20.3 Å². The van der Waals surface area contributed by atoms with Gasteiger partial charge in [-0.15, -0.1) is 0 Å². The van der Waals surface area contributed by atoms with Crippen LogP contribution in [0.2, 0.25) is 0 Å². The second-order valence-electron chi connectivity index (χ2n) is 4.16. The Labute approximate surface area is 104 Å². The minimum absolute atomic E-state index is 0.00694. The van der Waals surface area contributed by atoms with Crippen molar-refractivity contribution in [3.8, 4) is 5.75 Å². The van der Waals surface area contributed by atoms with Crippen LogP contribution in [-0.4, -0.2) is 45.0 Å². The largest absolute Gasteiger partial charge is 0.497 e. The number of carbonyl (C=O) groups excluding carboxylic acids is 1. The molecule has 1 atom stereocenters. The summed E-state index contributed by atoms with van der Waals surface area (Å²) in [5, 5.41) is 0. The van der Waals surface area contributed by atoms with E-state index in [1.807, 2.05) is 0 Å². The van der Waals surface area contributed by atoms with Crippen molar-refractivity contribution in [1.82, 2.24) is 4.31 Å². The number of epoxide rings is 1. The molecule has 0 bridgehead atoms. The summed E-state index contributed by atoms with van der Waals surface area (Å²) in [6, 6.07) is 4.42. The summed E-state index contributed by atoms with van der Waals surface area (Å²) in [4.78, 5) is 12.0. The molecule has 3 rings (SSSR count). The van der Waals surface area contributed by atoms with Crippen molar-refractivity contribution in [2.45, 2.75) is 11.0 Å². The van der Waals surface area contributed by atoms with Crippen molar-refractivity contribution in [1.29, 1.82) is 0 Å². The number of nitrogens with zero attached hydrogens (tertiary/aromatic N) is 1. The van der Waals surface area contributed by atoms with Crippen LogP contribution in [0.1, 0.15) is 10.4 Å². The molecule has 1 aromatic carbocycles. The second-order valence-corrected chi connectivity index (χ2v) is 5.99. The van der Waals surface area contributed by atoms with E-state index < -0.39 is 15.9 Å². The third kappa shape index (κ3) is 1.58. The predicted molar refractivity (Wildman–Crippen MR) is 61.0 cm³/mol. The molecule has 2 heterocycles. The van der Waals surface area contributed by atoms with E-state index >= 15 is 0 Å². The number of fused-ring (bicyclic) bond motifs is 1. The van der Waals surface area contributed by atoms with Gasteiger partial charge in [0.05, 0.1) is 31.9 Å². The lowest BCUT2D eigenvalue weighted by Crippen LogP contribution is -2.33. The molecule has 1 saturated heterocycles. The highest BCUT2D eigenvalue weighted by Gasteiger charge is 2.44. The Morgan fingerprint density at radius 2 is 2.22 bits per heavy atom. The zero-order valence-electron chi connectivity index (χ0n) is 9.62. The first-order valence-corrected chi connectivity index (χ1v) is 6.85. The van der Waals surface area contributed by atoms with Gasteiger partial charge in [-0.1, -0.05) is 0 Å². The highest BCUT2D eigenvalue weighted by Crippen LogP contribution is 2.33. The number of rotatable bonds is 3. The minimum Gasteiger partial charge on any atom is -0.497 e. The first-order chi connectivity index (χ1) is 8.54. The lowest BCUT2D eigenvalue weighted by Gasteiger charge is -2.12. The standard InChI is InChI=1S/C11H11NO5S/c1-16-7-2-3-9-10(4-7)18(14,15)12(11(9)13)5-8-6-17-8/h2-4,8H,5-6H2,1H3. The van der Waals surface area contributed by atoms with Crippen LogP contribution in [0.5, 0.6) is 5.75 Å². The predicted octanol–water partition coefficient (Wildman–Crippen LogP) is 0.238. The van der Waals surface area contributed by atoms with Gasteiger partial charge < -0.3 is 9.47 Å². The molecule has 6 nitrogen and oxygen atoms in total. The number of benzene rings is 1. The van der Waals surface area contributed by atoms with Crippen LogP contribution in [0.15, 0.2) is 23.1 Å². The number of methoxy groups -OCH3 is 1. The Kier molecular flexibility index (Phi) is 2.36. The third-order valence-electron chi connectivity index (χ3n) is 2.99. The fraction of sp³-hybridized carbons (Fsp3) is 0.364. The molecule has 0 aliphatic carbocycles. The van der Waals surface area contributed by atoms with E-state index in [4.69, 9.17) is 9.47 Å². The quantitative estimate of drug-likeness (QED) is 0.735. The van der Waals surface area contributed by atoms with Gasteiger partial charge >= 0.3 is 0 Å². The zero-order valence-corrected chi connectivity index (χ0v) is 10.4. The molecule has 0 spiro atoms. The third-order valence-corrected chi connectivity index (χ3v) is 4.77. The fourth-order valence-electron chi connectivity index (χ4n) is 1.92. The average molecular weight is 269 g/mol. The van der Waals surface area contributed by atoms with Crippen LogP contribution in [0.4, 0.5) is 0 Å².